The number of rotatable bonds is 2. The summed E-state index contributed by atoms with van der Waals surface area (Å²) in [6.45, 7) is 5.83. The van der Waals surface area contributed by atoms with E-state index in [0.717, 1.165) is 5.69 Å². The van der Waals surface area contributed by atoms with E-state index in [1.165, 1.54) is 0 Å². The molecule has 2 nitrogen and oxygen atoms in total. The lowest BCUT2D eigenvalue weighted by Crippen LogP contribution is -2.27. The van der Waals surface area contributed by atoms with Gasteiger partial charge in [0, 0.05) is 5.69 Å². The molecule has 1 N–H and O–H groups in total. The van der Waals surface area contributed by atoms with Crippen molar-refractivity contribution in [3.63, 3.8) is 0 Å². The van der Waals surface area contributed by atoms with Crippen LogP contribution in [0.2, 0.25) is 0 Å². The van der Waals surface area contributed by atoms with Crippen LogP contribution in [0.4, 0.5) is 5.69 Å². The third-order valence-corrected chi connectivity index (χ3v) is 3.07. The Kier molecular flexibility index (Phi) is 3.09. The Morgan fingerprint density at radius 2 is 1.69 bits per heavy atom. The minimum atomic E-state index is -1.04. The van der Waals surface area contributed by atoms with Crippen molar-refractivity contribution >= 4 is 16.7 Å². The fraction of sp³-hybridized carbons (Fsp3) is 0.400. The van der Waals surface area contributed by atoms with Crippen molar-refractivity contribution in [2.75, 3.05) is 4.72 Å². The molecule has 0 aliphatic carbocycles. The summed E-state index contributed by atoms with van der Waals surface area (Å²) in [7, 11) is -1.04. The van der Waals surface area contributed by atoms with E-state index in [9.17, 15) is 4.21 Å². The van der Waals surface area contributed by atoms with E-state index in [-0.39, 0.29) is 4.75 Å². The van der Waals surface area contributed by atoms with Crippen LogP contribution in [0.3, 0.4) is 0 Å². The summed E-state index contributed by atoms with van der Waals surface area (Å²) in [5, 5.41) is 0. The lowest BCUT2D eigenvalue weighted by molar-refractivity contribution is 0.653. The zero-order valence-electron chi connectivity index (χ0n) is 8.20. The molecule has 0 spiro atoms. The van der Waals surface area contributed by atoms with Crippen LogP contribution < -0.4 is 4.72 Å². The molecule has 0 amide bonds. The summed E-state index contributed by atoms with van der Waals surface area (Å²) >= 11 is 0. The van der Waals surface area contributed by atoms with Crippen LogP contribution in [0.15, 0.2) is 30.3 Å². The van der Waals surface area contributed by atoms with Gasteiger partial charge in [-0.25, -0.2) is 4.21 Å². The van der Waals surface area contributed by atoms with Gasteiger partial charge in [-0.2, -0.15) is 0 Å². The average molecular weight is 197 g/mol. The first kappa shape index (κ1) is 10.3. The Balaban J connectivity index is 2.66. The molecular formula is C10H15NOS. The van der Waals surface area contributed by atoms with Gasteiger partial charge in [-0.3, -0.25) is 0 Å². The highest BCUT2D eigenvalue weighted by molar-refractivity contribution is 7.87. The van der Waals surface area contributed by atoms with Gasteiger partial charge in [0.05, 0.1) is 4.75 Å². The molecule has 0 aromatic heterocycles. The van der Waals surface area contributed by atoms with Crippen LogP contribution in [-0.4, -0.2) is 8.96 Å². The Labute approximate surface area is 82.0 Å². The molecule has 0 saturated heterocycles. The van der Waals surface area contributed by atoms with Crippen LogP contribution in [0.5, 0.6) is 0 Å². The van der Waals surface area contributed by atoms with E-state index in [4.69, 9.17) is 0 Å². The molecule has 0 fully saturated rings. The van der Waals surface area contributed by atoms with Gasteiger partial charge >= 0.3 is 0 Å². The Morgan fingerprint density at radius 1 is 1.15 bits per heavy atom. The zero-order chi connectivity index (χ0) is 9.90. The minimum Gasteiger partial charge on any atom is -0.305 e. The second-order valence-corrected chi connectivity index (χ2v) is 5.82. The summed E-state index contributed by atoms with van der Waals surface area (Å²) < 4.78 is 14.4. The maximum Gasteiger partial charge on any atom is 0.122 e. The summed E-state index contributed by atoms with van der Waals surface area (Å²) in [6.07, 6.45) is 0. The van der Waals surface area contributed by atoms with Crippen molar-refractivity contribution in [3.8, 4) is 0 Å². The summed E-state index contributed by atoms with van der Waals surface area (Å²) in [6, 6.07) is 9.59. The maximum absolute atomic E-state index is 11.6. The number of para-hydroxylation sites is 1. The standard InChI is InChI=1S/C10H15NOS/c1-10(2,3)13(12)11-9-7-5-4-6-8-9/h4-8,11H,1-3H3/t13-/m1/s1. The fourth-order valence-electron chi connectivity index (χ4n) is 0.766. The fourth-order valence-corrected chi connectivity index (χ4v) is 1.42. The van der Waals surface area contributed by atoms with Crippen LogP contribution >= 0.6 is 0 Å². The molecule has 0 aliphatic heterocycles. The van der Waals surface area contributed by atoms with E-state index >= 15 is 0 Å². The predicted octanol–water partition coefficient (Wildman–Crippen LogP) is 2.56. The Morgan fingerprint density at radius 3 is 2.15 bits per heavy atom. The molecule has 1 atom stereocenters. The number of nitrogens with one attached hydrogen (secondary N) is 1. The number of hydrogen-bond acceptors (Lipinski definition) is 1. The summed E-state index contributed by atoms with van der Waals surface area (Å²) in [5.41, 5.74) is 0.899. The van der Waals surface area contributed by atoms with Gasteiger partial charge in [0.2, 0.25) is 0 Å². The van der Waals surface area contributed by atoms with Gasteiger partial charge in [-0.1, -0.05) is 18.2 Å². The van der Waals surface area contributed by atoms with E-state index in [1.54, 1.807) is 0 Å². The number of anilines is 1. The first-order valence-electron chi connectivity index (χ1n) is 4.24. The highest BCUT2D eigenvalue weighted by Crippen LogP contribution is 2.14. The third kappa shape index (κ3) is 3.19. The van der Waals surface area contributed by atoms with Gasteiger partial charge in [-0.15, -0.1) is 0 Å². The smallest absolute Gasteiger partial charge is 0.122 e. The second-order valence-electron chi connectivity index (χ2n) is 3.85. The average Bonchev–Trinajstić information content (AvgIpc) is 2.04. The topological polar surface area (TPSA) is 29.1 Å². The predicted molar refractivity (Wildman–Crippen MR) is 58.0 cm³/mol. The number of hydrogen-bond donors (Lipinski definition) is 1. The SMILES string of the molecule is CC(C)(C)[S@@](=O)Nc1ccccc1. The normalized spacial score (nSPS) is 13.8. The van der Waals surface area contributed by atoms with E-state index in [2.05, 4.69) is 4.72 Å². The molecule has 3 heteroatoms. The number of benzene rings is 1. The molecular weight excluding hydrogens is 182 g/mol. The Hall–Kier alpha value is -0.830. The molecule has 0 saturated carbocycles. The lowest BCUT2D eigenvalue weighted by atomic mass is 10.3. The minimum absolute atomic E-state index is 0.226. The highest BCUT2D eigenvalue weighted by Gasteiger charge is 2.19. The van der Waals surface area contributed by atoms with Crippen LogP contribution in [0, 0.1) is 0 Å². The van der Waals surface area contributed by atoms with Crippen molar-refractivity contribution in [2.24, 2.45) is 0 Å². The molecule has 1 rings (SSSR count). The van der Waals surface area contributed by atoms with Gasteiger partial charge < -0.3 is 4.72 Å². The van der Waals surface area contributed by atoms with E-state index in [0.29, 0.717) is 0 Å². The largest absolute Gasteiger partial charge is 0.305 e. The first-order valence-corrected chi connectivity index (χ1v) is 5.39. The van der Waals surface area contributed by atoms with Gasteiger partial charge in [-0.05, 0) is 32.9 Å². The van der Waals surface area contributed by atoms with Crippen molar-refractivity contribution in [1.82, 2.24) is 0 Å². The third-order valence-electron chi connectivity index (χ3n) is 1.54. The molecule has 0 aliphatic rings. The van der Waals surface area contributed by atoms with Crippen LogP contribution in [-0.2, 0) is 11.0 Å². The lowest BCUT2D eigenvalue weighted by Gasteiger charge is -2.18. The van der Waals surface area contributed by atoms with E-state index < -0.39 is 11.0 Å². The van der Waals surface area contributed by atoms with Gasteiger partial charge in [0.1, 0.15) is 11.0 Å². The molecule has 0 bridgehead atoms. The van der Waals surface area contributed by atoms with Crippen LogP contribution in [0.25, 0.3) is 0 Å². The molecule has 1 aromatic carbocycles. The van der Waals surface area contributed by atoms with Crippen molar-refractivity contribution in [1.29, 1.82) is 0 Å². The quantitative estimate of drug-likeness (QED) is 0.775. The van der Waals surface area contributed by atoms with Crippen molar-refractivity contribution in [2.45, 2.75) is 25.5 Å². The van der Waals surface area contributed by atoms with E-state index in [1.807, 2.05) is 51.1 Å². The summed E-state index contributed by atoms with van der Waals surface area (Å²) in [4.78, 5) is 0. The van der Waals surface area contributed by atoms with Crippen molar-refractivity contribution in [3.05, 3.63) is 30.3 Å². The van der Waals surface area contributed by atoms with Gasteiger partial charge in [0.25, 0.3) is 0 Å². The van der Waals surface area contributed by atoms with Gasteiger partial charge in [0.15, 0.2) is 0 Å². The maximum atomic E-state index is 11.6. The highest BCUT2D eigenvalue weighted by atomic mass is 32.2. The molecule has 0 heterocycles. The van der Waals surface area contributed by atoms with Crippen LogP contribution in [0.1, 0.15) is 20.8 Å². The first-order chi connectivity index (χ1) is 6.00. The zero-order valence-corrected chi connectivity index (χ0v) is 9.02. The van der Waals surface area contributed by atoms with Crippen molar-refractivity contribution < 1.29 is 4.21 Å². The second kappa shape index (κ2) is 3.92. The summed E-state index contributed by atoms with van der Waals surface area (Å²) in [5.74, 6) is 0. The molecule has 72 valence electrons. The monoisotopic (exact) mass is 197 g/mol. The Bertz CT molecular complexity index is 290. The molecule has 0 unspecified atom stereocenters. The molecule has 1 aromatic rings. The molecule has 13 heavy (non-hydrogen) atoms. The molecule has 0 radical (unpaired) electrons.